The van der Waals surface area contributed by atoms with Crippen LogP contribution in [-0.4, -0.2) is 73.2 Å². The van der Waals surface area contributed by atoms with Gasteiger partial charge in [0, 0.05) is 39.3 Å². The Bertz CT molecular complexity index is 187. The Kier molecular flexibility index (Phi) is 4.57. The lowest BCUT2D eigenvalue weighted by Gasteiger charge is -2.35. The van der Waals surface area contributed by atoms with Gasteiger partial charge in [-0.25, -0.2) is 0 Å². The van der Waals surface area contributed by atoms with Crippen LogP contribution in [0.5, 0.6) is 0 Å². The Morgan fingerprint density at radius 2 is 1.86 bits per heavy atom. The second kappa shape index (κ2) is 5.48. The van der Waals surface area contributed by atoms with Gasteiger partial charge in [0.25, 0.3) is 0 Å². The van der Waals surface area contributed by atoms with Crippen LogP contribution < -0.4 is 5.73 Å². The molecule has 0 saturated carbocycles. The first-order chi connectivity index (χ1) is 6.59. The number of nitrogens with two attached hydrogens (primary N) is 1. The zero-order chi connectivity index (χ0) is 10.6. The molecule has 1 saturated heterocycles. The largest absolute Gasteiger partial charge is 0.376 e. The predicted octanol–water partition coefficient (Wildman–Crippen LogP) is -0.591. The van der Waals surface area contributed by atoms with Gasteiger partial charge in [-0.3, -0.25) is 4.90 Å². The summed E-state index contributed by atoms with van der Waals surface area (Å²) in [7, 11) is 4.20. The second-order valence-electron chi connectivity index (χ2n) is 3.97. The standard InChI is InChI=1S/C9H20N4S/c1-11(2)3-4-12-5-7-13(8-6-12)9(10)14/h3-8H2,1-2H3,(H2,10,14). The quantitative estimate of drug-likeness (QED) is 0.638. The zero-order valence-corrected chi connectivity index (χ0v) is 9.89. The normalized spacial score (nSPS) is 18.9. The molecule has 0 radical (unpaired) electrons. The number of hydrogen-bond donors (Lipinski definition) is 1. The van der Waals surface area contributed by atoms with E-state index < -0.39 is 0 Å². The lowest BCUT2D eigenvalue weighted by molar-refractivity contribution is 0.170. The summed E-state index contributed by atoms with van der Waals surface area (Å²) >= 11 is 4.94. The molecule has 0 aromatic rings. The maximum atomic E-state index is 5.57. The summed E-state index contributed by atoms with van der Waals surface area (Å²) in [6.45, 7) is 6.35. The van der Waals surface area contributed by atoms with E-state index in [9.17, 15) is 0 Å². The van der Waals surface area contributed by atoms with E-state index >= 15 is 0 Å². The first kappa shape index (κ1) is 11.7. The molecule has 5 heteroatoms. The molecule has 0 amide bonds. The van der Waals surface area contributed by atoms with Crippen LogP contribution >= 0.6 is 12.2 Å². The lowest BCUT2D eigenvalue weighted by atomic mass is 10.3. The smallest absolute Gasteiger partial charge is 0.166 e. The van der Waals surface area contributed by atoms with E-state index in [4.69, 9.17) is 18.0 Å². The summed E-state index contributed by atoms with van der Waals surface area (Å²) in [5.41, 5.74) is 5.57. The predicted molar refractivity (Wildman–Crippen MR) is 63.4 cm³/mol. The van der Waals surface area contributed by atoms with Gasteiger partial charge in [0.05, 0.1) is 0 Å². The third-order valence-corrected chi connectivity index (χ3v) is 2.81. The molecule has 0 atom stereocenters. The highest BCUT2D eigenvalue weighted by molar-refractivity contribution is 7.80. The summed E-state index contributed by atoms with van der Waals surface area (Å²) in [4.78, 5) is 6.73. The molecule has 82 valence electrons. The van der Waals surface area contributed by atoms with Crippen molar-refractivity contribution < 1.29 is 0 Å². The molecule has 1 rings (SSSR count). The fourth-order valence-electron chi connectivity index (χ4n) is 1.53. The third-order valence-electron chi connectivity index (χ3n) is 2.55. The molecular formula is C9H20N4S. The van der Waals surface area contributed by atoms with Gasteiger partial charge in [-0.1, -0.05) is 0 Å². The molecule has 1 aliphatic heterocycles. The number of rotatable bonds is 3. The van der Waals surface area contributed by atoms with Gasteiger partial charge in [0.2, 0.25) is 0 Å². The minimum atomic E-state index is 0.539. The number of hydrogen-bond acceptors (Lipinski definition) is 3. The molecule has 14 heavy (non-hydrogen) atoms. The zero-order valence-electron chi connectivity index (χ0n) is 9.07. The van der Waals surface area contributed by atoms with Crippen LogP contribution in [0.4, 0.5) is 0 Å². The van der Waals surface area contributed by atoms with Crippen LogP contribution in [0.2, 0.25) is 0 Å². The van der Waals surface area contributed by atoms with Crippen molar-refractivity contribution in [1.82, 2.24) is 14.7 Å². The fourth-order valence-corrected chi connectivity index (χ4v) is 1.72. The van der Waals surface area contributed by atoms with E-state index in [-0.39, 0.29) is 0 Å². The van der Waals surface area contributed by atoms with Gasteiger partial charge in [-0.15, -0.1) is 0 Å². The Morgan fingerprint density at radius 3 is 2.29 bits per heavy atom. The summed E-state index contributed by atoms with van der Waals surface area (Å²) in [6.07, 6.45) is 0. The van der Waals surface area contributed by atoms with Crippen LogP contribution in [0.25, 0.3) is 0 Å². The van der Waals surface area contributed by atoms with Crippen LogP contribution in [0.15, 0.2) is 0 Å². The summed E-state index contributed by atoms with van der Waals surface area (Å²) in [5, 5.41) is 0.539. The second-order valence-corrected chi connectivity index (χ2v) is 4.39. The summed E-state index contributed by atoms with van der Waals surface area (Å²) in [6, 6.07) is 0. The molecule has 0 aromatic heterocycles. The van der Waals surface area contributed by atoms with Crippen LogP contribution in [0.1, 0.15) is 0 Å². The van der Waals surface area contributed by atoms with Crippen LogP contribution in [0, 0.1) is 0 Å². The Balaban J connectivity index is 2.19. The Hall–Kier alpha value is -0.390. The Labute approximate surface area is 91.6 Å². The van der Waals surface area contributed by atoms with Crippen molar-refractivity contribution >= 4 is 17.3 Å². The average molecular weight is 216 g/mol. The highest BCUT2D eigenvalue weighted by Gasteiger charge is 2.16. The molecule has 0 aliphatic carbocycles. The van der Waals surface area contributed by atoms with E-state index in [0.29, 0.717) is 5.11 Å². The molecule has 0 spiro atoms. The van der Waals surface area contributed by atoms with Gasteiger partial charge in [-0.05, 0) is 26.3 Å². The average Bonchev–Trinajstić information content (AvgIpc) is 2.15. The minimum absolute atomic E-state index is 0.539. The van der Waals surface area contributed by atoms with Gasteiger partial charge < -0.3 is 15.5 Å². The van der Waals surface area contributed by atoms with Crippen molar-refractivity contribution in [3.05, 3.63) is 0 Å². The van der Waals surface area contributed by atoms with Gasteiger partial charge in [0.15, 0.2) is 5.11 Å². The SMILES string of the molecule is CN(C)CCN1CCN(C(N)=S)CC1. The topological polar surface area (TPSA) is 35.7 Å². The maximum absolute atomic E-state index is 5.57. The van der Waals surface area contributed by atoms with E-state index in [2.05, 4.69) is 28.8 Å². The van der Waals surface area contributed by atoms with E-state index in [1.165, 1.54) is 0 Å². The summed E-state index contributed by atoms with van der Waals surface area (Å²) in [5.74, 6) is 0. The first-order valence-electron chi connectivity index (χ1n) is 5.01. The highest BCUT2D eigenvalue weighted by atomic mass is 32.1. The number of likely N-dealkylation sites (N-methyl/N-ethyl adjacent to an activating group) is 1. The molecule has 1 fully saturated rings. The molecule has 2 N–H and O–H groups in total. The number of thiocarbonyl (C=S) groups is 1. The van der Waals surface area contributed by atoms with Crippen molar-refractivity contribution in [1.29, 1.82) is 0 Å². The van der Waals surface area contributed by atoms with Crippen molar-refractivity contribution in [2.75, 3.05) is 53.4 Å². The van der Waals surface area contributed by atoms with Crippen molar-refractivity contribution in [2.24, 2.45) is 5.73 Å². The van der Waals surface area contributed by atoms with Crippen molar-refractivity contribution in [3.8, 4) is 0 Å². The highest BCUT2D eigenvalue weighted by Crippen LogP contribution is 2.00. The number of nitrogens with zero attached hydrogens (tertiary/aromatic N) is 3. The van der Waals surface area contributed by atoms with E-state index in [1.807, 2.05) is 0 Å². The van der Waals surface area contributed by atoms with Crippen molar-refractivity contribution in [3.63, 3.8) is 0 Å². The Morgan fingerprint density at radius 1 is 1.29 bits per heavy atom. The van der Waals surface area contributed by atoms with Gasteiger partial charge in [0.1, 0.15) is 0 Å². The minimum Gasteiger partial charge on any atom is -0.376 e. The molecule has 0 bridgehead atoms. The maximum Gasteiger partial charge on any atom is 0.166 e. The lowest BCUT2D eigenvalue weighted by Crippen LogP contribution is -2.51. The van der Waals surface area contributed by atoms with Crippen molar-refractivity contribution in [2.45, 2.75) is 0 Å². The molecule has 0 unspecified atom stereocenters. The molecular weight excluding hydrogens is 196 g/mol. The molecule has 1 heterocycles. The fraction of sp³-hybridized carbons (Fsp3) is 0.889. The van der Waals surface area contributed by atoms with E-state index in [0.717, 1.165) is 39.3 Å². The van der Waals surface area contributed by atoms with Gasteiger partial charge in [-0.2, -0.15) is 0 Å². The molecule has 0 aromatic carbocycles. The summed E-state index contributed by atoms with van der Waals surface area (Å²) < 4.78 is 0. The van der Waals surface area contributed by atoms with Crippen LogP contribution in [0.3, 0.4) is 0 Å². The molecule has 4 nitrogen and oxygen atoms in total. The van der Waals surface area contributed by atoms with E-state index in [1.54, 1.807) is 0 Å². The first-order valence-corrected chi connectivity index (χ1v) is 5.42. The third kappa shape index (κ3) is 3.77. The van der Waals surface area contributed by atoms with Gasteiger partial charge >= 0.3 is 0 Å². The molecule has 1 aliphatic rings. The van der Waals surface area contributed by atoms with Crippen LogP contribution in [-0.2, 0) is 0 Å². The number of piperazine rings is 1. The monoisotopic (exact) mass is 216 g/mol.